The Morgan fingerprint density at radius 2 is 2.10 bits per heavy atom. The van der Waals surface area contributed by atoms with E-state index in [0.717, 1.165) is 6.20 Å². The van der Waals surface area contributed by atoms with Crippen LogP contribution in [-0.2, 0) is 11.3 Å². The van der Waals surface area contributed by atoms with Crippen molar-refractivity contribution in [3.63, 3.8) is 0 Å². The zero-order chi connectivity index (χ0) is 16.2. The summed E-state index contributed by atoms with van der Waals surface area (Å²) < 4.78 is 27.2. The van der Waals surface area contributed by atoms with Crippen LogP contribution >= 0.6 is 0 Å². The van der Waals surface area contributed by atoms with Gasteiger partial charge >= 0.3 is 0 Å². The van der Waals surface area contributed by atoms with Gasteiger partial charge in [-0.1, -0.05) is 13.8 Å². The number of nitrogens with zero attached hydrogens (tertiary/aromatic N) is 3. The number of nitrogens with one attached hydrogen (secondary N) is 1. The third kappa shape index (κ3) is 3.84. The van der Waals surface area contributed by atoms with Crippen molar-refractivity contribution < 1.29 is 18.4 Å². The molecule has 114 valence electrons. The number of rotatable bonds is 6. The first-order valence-electron chi connectivity index (χ1n) is 6.32. The molecule has 0 radical (unpaired) electrons. The van der Waals surface area contributed by atoms with Gasteiger partial charge in [-0.3, -0.25) is 14.3 Å². The highest BCUT2D eigenvalue weighted by Crippen LogP contribution is 2.24. The lowest BCUT2D eigenvalue weighted by Gasteiger charge is -2.06. The predicted octanol–water partition coefficient (Wildman–Crippen LogP) is 1.55. The molecule has 1 N–H and O–H groups in total. The minimum absolute atomic E-state index is 0.143. The molecule has 1 amide bonds. The minimum atomic E-state index is -2.91. The maximum atomic E-state index is 13.0. The fourth-order valence-electron chi connectivity index (χ4n) is 1.77. The maximum absolute atomic E-state index is 13.0. The monoisotopic (exact) mass is 298 g/mol. The lowest BCUT2D eigenvalue weighted by atomic mass is 10.00. The number of halogens is 2. The highest BCUT2D eigenvalue weighted by atomic mass is 19.3. The predicted molar refractivity (Wildman–Crippen MR) is 69.5 cm³/mol. The Labute approximate surface area is 120 Å². The van der Waals surface area contributed by atoms with Crippen molar-refractivity contribution in [3.05, 3.63) is 17.5 Å². The summed E-state index contributed by atoms with van der Waals surface area (Å²) in [5, 5.41) is 14.9. The normalized spacial score (nSPS) is 12.3. The largest absolute Gasteiger partial charge is 0.358 e. The van der Waals surface area contributed by atoms with E-state index in [1.807, 2.05) is 13.8 Å². The van der Waals surface area contributed by atoms with E-state index in [9.17, 15) is 18.4 Å². The molecule has 0 aromatic carbocycles. The van der Waals surface area contributed by atoms with Gasteiger partial charge in [0.1, 0.15) is 5.69 Å². The molecule has 8 heteroatoms. The van der Waals surface area contributed by atoms with Crippen LogP contribution in [0.25, 0.3) is 0 Å². The third-order valence-electron chi connectivity index (χ3n) is 2.71. The second-order valence-electron chi connectivity index (χ2n) is 4.89. The number of carbonyl (C=O) groups is 2. The summed E-state index contributed by atoms with van der Waals surface area (Å²) in [6, 6.07) is 1.51. The molecule has 1 rings (SSSR count). The first-order valence-corrected chi connectivity index (χ1v) is 6.32. The van der Waals surface area contributed by atoms with E-state index < -0.39 is 35.3 Å². The van der Waals surface area contributed by atoms with Crippen LogP contribution in [0, 0.1) is 23.2 Å². The zero-order valence-electron chi connectivity index (χ0n) is 11.9. The number of nitriles is 1. The van der Waals surface area contributed by atoms with Crippen molar-refractivity contribution in [2.45, 2.75) is 26.8 Å². The minimum Gasteiger partial charge on any atom is -0.358 e. The van der Waals surface area contributed by atoms with E-state index in [1.165, 1.54) is 17.8 Å². The van der Waals surface area contributed by atoms with Gasteiger partial charge in [0.25, 0.3) is 6.43 Å². The van der Waals surface area contributed by atoms with Gasteiger partial charge in [0.15, 0.2) is 5.92 Å². The molecule has 21 heavy (non-hydrogen) atoms. The van der Waals surface area contributed by atoms with Crippen LogP contribution < -0.4 is 5.32 Å². The maximum Gasteiger partial charge on any atom is 0.267 e. The van der Waals surface area contributed by atoms with Crippen molar-refractivity contribution in [3.8, 4) is 6.07 Å². The molecule has 0 saturated carbocycles. The summed E-state index contributed by atoms with van der Waals surface area (Å²) in [7, 11) is 1.26. The van der Waals surface area contributed by atoms with E-state index in [2.05, 4.69) is 10.4 Å². The van der Waals surface area contributed by atoms with E-state index in [0.29, 0.717) is 6.54 Å². The van der Waals surface area contributed by atoms with Crippen LogP contribution in [-0.4, -0.2) is 28.5 Å². The number of hydrogen-bond acceptors (Lipinski definition) is 4. The van der Waals surface area contributed by atoms with Crippen LogP contribution in [0.4, 0.5) is 8.78 Å². The Kier molecular flexibility index (Phi) is 5.52. The van der Waals surface area contributed by atoms with Crippen molar-refractivity contribution in [1.82, 2.24) is 15.1 Å². The molecule has 1 aromatic heterocycles. The molecule has 0 fully saturated rings. The summed E-state index contributed by atoms with van der Waals surface area (Å²) in [4.78, 5) is 23.6. The van der Waals surface area contributed by atoms with Gasteiger partial charge < -0.3 is 5.32 Å². The quantitative estimate of drug-likeness (QED) is 0.637. The van der Waals surface area contributed by atoms with Gasteiger partial charge in [0.2, 0.25) is 11.7 Å². The summed E-state index contributed by atoms with van der Waals surface area (Å²) in [5.74, 6) is -3.41. The summed E-state index contributed by atoms with van der Waals surface area (Å²) in [5.41, 5.74) is -1.09. The molecule has 1 heterocycles. The molecule has 0 unspecified atom stereocenters. The Morgan fingerprint density at radius 3 is 2.52 bits per heavy atom. The first-order chi connectivity index (χ1) is 9.81. The van der Waals surface area contributed by atoms with Crippen molar-refractivity contribution >= 4 is 11.7 Å². The first kappa shape index (κ1) is 16.8. The lowest BCUT2D eigenvalue weighted by molar-refractivity contribution is -0.121. The van der Waals surface area contributed by atoms with Crippen molar-refractivity contribution in [2.24, 2.45) is 11.8 Å². The van der Waals surface area contributed by atoms with Crippen LogP contribution in [0.1, 0.15) is 36.3 Å². The number of carbonyl (C=O) groups excluding carboxylic acids is 2. The molecule has 6 nitrogen and oxygen atoms in total. The molecule has 1 aromatic rings. The topological polar surface area (TPSA) is 87.8 Å². The van der Waals surface area contributed by atoms with E-state index in [-0.39, 0.29) is 5.92 Å². The molecule has 0 aliphatic heterocycles. The molecule has 0 aliphatic rings. The second kappa shape index (κ2) is 6.92. The molecular formula is C13H16F2N4O2. The highest BCUT2D eigenvalue weighted by molar-refractivity contribution is 6.11. The summed E-state index contributed by atoms with van der Waals surface area (Å²) in [6.45, 7) is 4.09. The fraction of sp³-hybridized carbons (Fsp3) is 0.538. The van der Waals surface area contributed by atoms with Crippen LogP contribution in [0.3, 0.4) is 0 Å². The van der Waals surface area contributed by atoms with Crippen LogP contribution in [0.15, 0.2) is 6.20 Å². The number of hydrogen-bond donors (Lipinski definition) is 1. The Bertz CT molecular complexity index is 575. The summed E-state index contributed by atoms with van der Waals surface area (Å²) >= 11 is 0. The molecule has 0 spiro atoms. The van der Waals surface area contributed by atoms with Crippen molar-refractivity contribution in [2.75, 3.05) is 7.05 Å². The number of amides is 1. The zero-order valence-corrected chi connectivity index (χ0v) is 11.9. The second-order valence-corrected chi connectivity index (χ2v) is 4.89. The van der Waals surface area contributed by atoms with Gasteiger partial charge in [-0.2, -0.15) is 10.4 Å². The fourth-order valence-corrected chi connectivity index (χ4v) is 1.77. The van der Waals surface area contributed by atoms with Gasteiger partial charge in [-0.05, 0) is 5.92 Å². The lowest BCUT2D eigenvalue weighted by Crippen LogP contribution is -2.32. The standard InChI is InChI=1S/C13H16F2N4O2/c1-7(2)5-19-6-9(12(14)15)10(18-19)11(20)8(4-16)13(21)17-3/h6-8,12H,5H2,1-3H3,(H,17,21)/t8-/m1/s1. The van der Waals surface area contributed by atoms with Crippen LogP contribution in [0.5, 0.6) is 0 Å². The average molecular weight is 298 g/mol. The van der Waals surface area contributed by atoms with E-state index in [1.54, 1.807) is 0 Å². The molecule has 1 atom stereocenters. The van der Waals surface area contributed by atoms with E-state index >= 15 is 0 Å². The third-order valence-corrected chi connectivity index (χ3v) is 2.71. The van der Waals surface area contributed by atoms with Gasteiger partial charge in [0, 0.05) is 19.8 Å². The number of aromatic nitrogens is 2. The van der Waals surface area contributed by atoms with Gasteiger partial charge in [-0.25, -0.2) is 8.78 Å². The number of alkyl halides is 2. The van der Waals surface area contributed by atoms with Gasteiger partial charge in [0.05, 0.1) is 11.6 Å². The Morgan fingerprint density at radius 1 is 1.48 bits per heavy atom. The van der Waals surface area contributed by atoms with Crippen molar-refractivity contribution in [1.29, 1.82) is 5.26 Å². The smallest absolute Gasteiger partial charge is 0.267 e. The average Bonchev–Trinajstić information content (AvgIpc) is 2.82. The number of ketones is 1. The molecular weight excluding hydrogens is 282 g/mol. The molecule has 0 bridgehead atoms. The molecule has 0 aliphatic carbocycles. The van der Waals surface area contributed by atoms with E-state index in [4.69, 9.17) is 5.26 Å². The SMILES string of the molecule is CNC(=O)[C@H](C#N)C(=O)c1nn(CC(C)C)cc1C(F)F. The summed E-state index contributed by atoms with van der Waals surface area (Å²) in [6.07, 6.45) is -1.83. The Hall–Kier alpha value is -2.30. The van der Waals surface area contributed by atoms with Gasteiger partial charge in [-0.15, -0.1) is 0 Å². The highest BCUT2D eigenvalue weighted by Gasteiger charge is 2.32. The molecule has 0 saturated heterocycles. The number of Topliss-reactive ketones (excluding diaryl/α,β-unsaturated/α-hetero) is 1. The Balaban J connectivity index is 3.21. The van der Waals surface area contributed by atoms with Crippen LogP contribution in [0.2, 0.25) is 0 Å².